The molecule has 0 unspecified atom stereocenters. The lowest BCUT2D eigenvalue weighted by Crippen LogP contribution is -2.40. The molecule has 2 aromatic heterocycles. The molecule has 228 valence electrons. The van der Waals surface area contributed by atoms with E-state index >= 15 is 0 Å². The van der Waals surface area contributed by atoms with E-state index < -0.39 is 5.91 Å². The maximum Gasteiger partial charge on any atom is 0.294 e. The first-order valence-corrected chi connectivity index (χ1v) is 15.0. The molecule has 3 aromatic rings. The Morgan fingerprint density at radius 2 is 1.81 bits per heavy atom. The molecule has 0 bridgehead atoms. The summed E-state index contributed by atoms with van der Waals surface area (Å²) in [5.74, 6) is -1.14. The van der Waals surface area contributed by atoms with Gasteiger partial charge in [0.15, 0.2) is 0 Å². The summed E-state index contributed by atoms with van der Waals surface area (Å²) < 4.78 is 6.01. The van der Waals surface area contributed by atoms with Crippen LogP contribution in [-0.2, 0) is 9.59 Å². The van der Waals surface area contributed by atoms with Crippen LogP contribution >= 0.6 is 11.6 Å². The Balaban J connectivity index is 1.44. The highest BCUT2D eigenvalue weighted by molar-refractivity contribution is 6.30. The van der Waals surface area contributed by atoms with Gasteiger partial charge >= 0.3 is 0 Å². The van der Waals surface area contributed by atoms with E-state index in [0.717, 1.165) is 25.8 Å². The van der Waals surface area contributed by atoms with Gasteiger partial charge in [0.25, 0.3) is 11.8 Å². The van der Waals surface area contributed by atoms with E-state index in [1.54, 1.807) is 42.3 Å². The van der Waals surface area contributed by atoms with Crippen molar-refractivity contribution in [3.63, 3.8) is 0 Å². The van der Waals surface area contributed by atoms with Crippen LogP contribution in [0.1, 0.15) is 59.4 Å². The first kappa shape index (κ1) is 30.5. The summed E-state index contributed by atoms with van der Waals surface area (Å²) in [6, 6.07) is 8.33. The van der Waals surface area contributed by atoms with Gasteiger partial charge in [-0.05, 0) is 70.5 Å². The molecular formula is C31H37ClN6O5. The molecule has 1 aromatic carbocycles. The zero-order valence-electron chi connectivity index (χ0n) is 24.7. The van der Waals surface area contributed by atoms with Crippen LogP contribution < -0.4 is 10.6 Å². The number of carbonyl (C=O) groups excluding carboxylic acids is 4. The Bertz CT molecular complexity index is 1510. The lowest BCUT2D eigenvalue weighted by molar-refractivity contribution is -0.130. The van der Waals surface area contributed by atoms with Crippen LogP contribution in [0.3, 0.4) is 0 Å². The molecule has 0 spiro atoms. The number of nitrogens with one attached hydrogen (secondary N) is 2. The molecule has 2 N–H and O–H groups in total. The van der Waals surface area contributed by atoms with Crippen molar-refractivity contribution in [2.45, 2.75) is 44.6 Å². The van der Waals surface area contributed by atoms with Gasteiger partial charge in [0.05, 0.1) is 16.0 Å². The van der Waals surface area contributed by atoms with Gasteiger partial charge in [0.2, 0.25) is 17.6 Å². The number of carbonyl (C=O) groups is 4. The Morgan fingerprint density at radius 3 is 2.47 bits per heavy atom. The van der Waals surface area contributed by atoms with E-state index in [4.69, 9.17) is 16.0 Å². The van der Waals surface area contributed by atoms with E-state index in [9.17, 15) is 19.2 Å². The van der Waals surface area contributed by atoms with Crippen LogP contribution in [0.2, 0.25) is 5.02 Å². The fraction of sp³-hybridized carbons (Fsp3) is 0.452. The number of pyridine rings is 1. The number of fused-ring (bicyclic) bond motifs is 1. The predicted molar refractivity (Wildman–Crippen MR) is 164 cm³/mol. The van der Waals surface area contributed by atoms with Crippen LogP contribution in [0.25, 0.3) is 11.0 Å². The van der Waals surface area contributed by atoms with E-state index in [-0.39, 0.29) is 46.9 Å². The highest BCUT2D eigenvalue weighted by Gasteiger charge is 2.35. The van der Waals surface area contributed by atoms with Gasteiger partial charge in [-0.2, -0.15) is 0 Å². The van der Waals surface area contributed by atoms with Crippen molar-refractivity contribution in [2.24, 2.45) is 5.92 Å². The van der Waals surface area contributed by atoms with Crippen molar-refractivity contribution < 1.29 is 23.6 Å². The van der Waals surface area contributed by atoms with Crippen molar-refractivity contribution >= 4 is 57.7 Å². The van der Waals surface area contributed by atoms with Crippen LogP contribution in [0, 0.1) is 5.92 Å². The number of furan rings is 1. The lowest BCUT2D eigenvalue weighted by atomic mass is 9.84. The number of benzene rings is 1. The Kier molecular flexibility index (Phi) is 9.31. The van der Waals surface area contributed by atoms with E-state index in [0.29, 0.717) is 53.9 Å². The number of anilines is 2. The highest BCUT2D eigenvalue weighted by atomic mass is 35.5. The first-order chi connectivity index (χ1) is 20.6. The van der Waals surface area contributed by atoms with Gasteiger partial charge in [-0.3, -0.25) is 19.2 Å². The SMILES string of the molecule is CN(C)CCN(C)C(=O)c1cccc2oc(C(=O)Nc3ccc(Cl)cn3)c(NC(=O)C3CCC(N4CCCC4=O)CC3)c12. The maximum absolute atomic E-state index is 13.7. The highest BCUT2D eigenvalue weighted by Crippen LogP contribution is 2.37. The van der Waals surface area contributed by atoms with E-state index in [1.165, 1.54) is 6.20 Å². The Hall–Kier alpha value is -3.96. The Labute approximate surface area is 255 Å². The van der Waals surface area contributed by atoms with Gasteiger partial charge in [0.1, 0.15) is 17.1 Å². The summed E-state index contributed by atoms with van der Waals surface area (Å²) in [5, 5.41) is 6.44. The van der Waals surface area contributed by atoms with Gasteiger partial charge in [0, 0.05) is 51.3 Å². The van der Waals surface area contributed by atoms with Crippen LogP contribution in [0.5, 0.6) is 0 Å². The third-order valence-corrected chi connectivity index (χ3v) is 8.44. The molecule has 12 heteroatoms. The fourth-order valence-electron chi connectivity index (χ4n) is 5.82. The normalized spacial score (nSPS) is 18.7. The molecule has 1 saturated heterocycles. The van der Waals surface area contributed by atoms with E-state index in [1.807, 2.05) is 23.9 Å². The number of rotatable bonds is 9. The molecule has 0 atom stereocenters. The van der Waals surface area contributed by atoms with Crippen LogP contribution in [-0.4, -0.2) is 90.1 Å². The molecule has 43 heavy (non-hydrogen) atoms. The third kappa shape index (κ3) is 6.83. The second-order valence-electron chi connectivity index (χ2n) is 11.5. The summed E-state index contributed by atoms with van der Waals surface area (Å²) in [6.45, 7) is 1.93. The first-order valence-electron chi connectivity index (χ1n) is 14.6. The van der Waals surface area contributed by atoms with Crippen molar-refractivity contribution in [3.8, 4) is 0 Å². The lowest BCUT2D eigenvalue weighted by Gasteiger charge is -2.34. The van der Waals surface area contributed by atoms with Crippen LogP contribution in [0.4, 0.5) is 11.5 Å². The molecule has 11 nitrogen and oxygen atoms in total. The molecule has 2 aliphatic rings. The quantitative estimate of drug-likeness (QED) is 0.366. The minimum atomic E-state index is -0.628. The van der Waals surface area contributed by atoms with Crippen molar-refractivity contribution in [1.29, 1.82) is 0 Å². The third-order valence-electron chi connectivity index (χ3n) is 8.22. The van der Waals surface area contributed by atoms with Crippen molar-refractivity contribution in [2.75, 3.05) is 51.4 Å². The van der Waals surface area contributed by atoms with Gasteiger partial charge in [-0.25, -0.2) is 4.98 Å². The average Bonchev–Trinajstić information content (AvgIpc) is 3.60. The van der Waals surface area contributed by atoms with E-state index in [2.05, 4.69) is 15.6 Å². The number of hydrogen-bond acceptors (Lipinski definition) is 7. The number of hydrogen-bond donors (Lipinski definition) is 2. The summed E-state index contributed by atoms with van der Waals surface area (Å²) in [6.07, 6.45) is 5.60. The predicted octanol–water partition coefficient (Wildman–Crippen LogP) is 4.49. The fourth-order valence-corrected chi connectivity index (χ4v) is 5.93. The molecule has 3 heterocycles. The van der Waals surface area contributed by atoms with Crippen molar-refractivity contribution in [3.05, 3.63) is 52.9 Å². The number of amides is 4. The molecular weight excluding hydrogens is 572 g/mol. The number of likely N-dealkylation sites (tertiary alicyclic amines) is 1. The maximum atomic E-state index is 13.7. The zero-order chi connectivity index (χ0) is 30.7. The smallest absolute Gasteiger partial charge is 0.294 e. The molecule has 0 radical (unpaired) electrons. The van der Waals surface area contributed by atoms with Gasteiger partial charge in [-0.15, -0.1) is 0 Å². The molecule has 1 saturated carbocycles. The number of halogens is 1. The minimum Gasteiger partial charge on any atom is -0.449 e. The molecule has 2 fully saturated rings. The minimum absolute atomic E-state index is 0.132. The largest absolute Gasteiger partial charge is 0.449 e. The van der Waals surface area contributed by atoms with Crippen LogP contribution in [0.15, 0.2) is 40.9 Å². The summed E-state index contributed by atoms with van der Waals surface area (Å²) >= 11 is 5.94. The summed E-state index contributed by atoms with van der Waals surface area (Å²) in [7, 11) is 5.58. The number of nitrogens with zero attached hydrogens (tertiary/aromatic N) is 4. The molecule has 5 rings (SSSR count). The van der Waals surface area contributed by atoms with Crippen molar-refractivity contribution in [1.82, 2.24) is 19.7 Å². The van der Waals surface area contributed by atoms with Gasteiger partial charge in [-0.1, -0.05) is 17.7 Å². The number of likely N-dealkylation sites (N-methyl/N-ethyl adjacent to an activating group) is 2. The standard InChI is InChI=1S/C31H37ClN6O5/c1-36(2)16-17-37(3)31(42)22-6-4-7-23-26(22)27(28(43-23)30(41)34-24-14-11-20(32)18-33-24)35-29(40)19-9-12-21(13-10-19)38-15-5-8-25(38)39/h4,6-7,11,14,18-19,21H,5,8-10,12-13,15-17H2,1-3H3,(H,35,40)(H,33,34,41). The Morgan fingerprint density at radius 1 is 1.05 bits per heavy atom. The second-order valence-corrected chi connectivity index (χ2v) is 12.0. The molecule has 1 aliphatic heterocycles. The second kappa shape index (κ2) is 13.1. The average molecular weight is 609 g/mol. The van der Waals surface area contributed by atoms with Gasteiger partial charge < -0.3 is 29.8 Å². The monoisotopic (exact) mass is 608 g/mol. The summed E-state index contributed by atoms with van der Waals surface area (Å²) in [4.78, 5) is 62.7. The topological polar surface area (TPSA) is 128 Å². The summed E-state index contributed by atoms with van der Waals surface area (Å²) in [5.41, 5.74) is 0.763. The molecule has 4 amide bonds. The molecule has 1 aliphatic carbocycles. The zero-order valence-corrected chi connectivity index (χ0v) is 25.4. The number of aromatic nitrogens is 1.